The lowest BCUT2D eigenvalue weighted by molar-refractivity contribution is -0.148. The Hall–Kier alpha value is -4.33. The quantitative estimate of drug-likeness (QED) is 0.0545. The molecule has 0 saturated carbocycles. The number of aromatic nitrogens is 3. The van der Waals surface area contributed by atoms with Gasteiger partial charge in [-0.3, -0.25) is 19.4 Å². The second-order valence-corrected chi connectivity index (χ2v) is 16.1. The van der Waals surface area contributed by atoms with Gasteiger partial charge >= 0.3 is 5.97 Å². The molecule has 1 unspecified atom stereocenters. The Bertz CT molecular complexity index is 1930. The number of hydrogen-bond acceptors (Lipinski definition) is 10. The van der Waals surface area contributed by atoms with Crippen molar-refractivity contribution in [2.75, 3.05) is 52.0 Å². The first-order chi connectivity index (χ1) is 29.1. The van der Waals surface area contributed by atoms with Gasteiger partial charge in [0, 0.05) is 31.5 Å². The van der Waals surface area contributed by atoms with E-state index in [1.807, 2.05) is 19.9 Å². The van der Waals surface area contributed by atoms with E-state index in [-0.39, 0.29) is 59.5 Å². The summed E-state index contributed by atoms with van der Waals surface area (Å²) in [6, 6.07) is 6.38. The van der Waals surface area contributed by atoms with E-state index < -0.39 is 23.7 Å². The molecule has 2 amide bonds. The van der Waals surface area contributed by atoms with Crippen molar-refractivity contribution in [2.45, 2.75) is 130 Å². The molecule has 0 aliphatic carbocycles. The fraction of sp³-hybridized carbons (Fsp3) is 0.609. The van der Waals surface area contributed by atoms with Gasteiger partial charge in [-0.25, -0.2) is 9.67 Å². The highest BCUT2D eigenvalue weighted by Gasteiger charge is 2.26. The zero-order chi connectivity index (χ0) is 43.1. The number of nitrogens with zero attached hydrogens (tertiary/aromatic N) is 4. The van der Waals surface area contributed by atoms with Crippen LogP contribution < -0.4 is 25.9 Å². The maximum Gasteiger partial charge on any atom is 0.312 e. The average molecular weight is 852 g/mol. The van der Waals surface area contributed by atoms with Crippen molar-refractivity contribution in [3.05, 3.63) is 62.9 Å². The van der Waals surface area contributed by atoms with E-state index in [1.165, 1.54) is 108 Å². The molecule has 14 heteroatoms. The number of methoxy groups -OCH3 is 1. The number of amides is 2. The Morgan fingerprint density at radius 1 is 0.867 bits per heavy atom. The SMILES string of the molecule is CCCCCCCCCCCCCCCCOCCOCCOC(=O)C1C=c2cc(C)c(NC(=O)c3cc(OC)nn3-c3ncccc3Cl)c(C(=O)NC(C)C)c2=NCC1. The molecule has 3 heterocycles. The van der Waals surface area contributed by atoms with E-state index in [4.69, 9.17) is 35.5 Å². The van der Waals surface area contributed by atoms with Gasteiger partial charge in [0.05, 0.1) is 54.5 Å². The predicted molar refractivity (Wildman–Crippen MR) is 236 cm³/mol. The van der Waals surface area contributed by atoms with E-state index in [9.17, 15) is 14.4 Å². The number of hydrogen-bond donors (Lipinski definition) is 2. The molecule has 3 aromatic rings. The fourth-order valence-corrected chi connectivity index (χ4v) is 7.37. The van der Waals surface area contributed by atoms with Crippen molar-refractivity contribution in [3.63, 3.8) is 0 Å². The molecule has 0 bridgehead atoms. The lowest BCUT2D eigenvalue weighted by Gasteiger charge is -2.17. The van der Waals surface area contributed by atoms with Crippen LogP contribution in [0.5, 0.6) is 5.88 Å². The van der Waals surface area contributed by atoms with E-state index >= 15 is 0 Å². The third-order valence-corrected chi connectivity index (χ3v) is 10.7. The summed E-state index contributed by atoms with van der Waals surface area (Å²) < 4.78 is 23.6. The van der Waals surface area contributed by atoms with Crippen molar-refractivity contribution in [1.29, 1.82) is 0 Å². The van der Waals surface area contributed by atoms with Gasteiger partial charge in [-0.15, -0.1) is 5.10 Å². The Kier molecular flexibility index (Phi) is 21.6. The van der Waals surface area contributed by atoms with Gasteiger partial charge in [0.25, 0.3) is 11.8 Å². The van der Waals surface area contributed by atoms with Crippen molar-refractivity contribution in [2.24, 2.45) is 10.9 Å². The number of fused-ring (bicyclic) bond motifs is 1. The van der Waals surface area contributed by atoms with Crippen LogP contribution in [0.15, 0.2) is 35.5 Å². The Labute approximate surface area is 361 Å². The van der Waals surface area contributed by atoms with Crippen LogP contribution in [0.3, 0.4) is 0 Å². The highest BCUT2D eigenvalue weighted by molar-refractivity contribution is 6.32. The number of carbonyl (C=O) groups is 3. The summed E-state index contributed by atoms with van der Waals surface area (Å²) >= 11 is 6.41. The van der Waals surface area contributed by atoms with Gasteiger partial charge in [-0.2, -0.15) is 0 Å². The lowest BCUT2D eigenvalue weighted by Crippen LogP contribution is -2.40. The second-order valence-electron chi connectivity index (χ2n) is 15.7. The molecule has 0 spiro atoms. The molecular formula is C46H67ClN6O7. The Balaban J connectivity index is 1.25. The molecular weight excluding hydrogens is 784 g/mol. The molecule has 1 aromatic carbocycles. The minimum Gasteiger partial charge on any atom is -0.480 e. The maximum atomic E-state index is 13.9. The molecule has 60 heavy (non-hydrogen) atoms. The van der Waals surface area contributed by atoms with Crippen LogP contribution in [0, 0.1) is 12.8 Å². The van der Waals surface area contributed by atoms with Gasteiger partial charge in [0.1, 0.15) is 12.3 Å². The number of aryl methyl sites for hydroxylation is 1. The average Bonchev–Trinajstić information content (AvgIpc) is 3.55. The van der Waals surface area contributed by atoms with E-state index in [1.54, 1.807) is 25.1 Å². The van der Waals surface area contributed by atoms with Gasteiger partial charge in [-0.1, -0.05) is 108 Å². The number of pyridine rings is 1. The van der Waals surface area contributed by atoms with E-state index in [2.05, 4.69) is 27.6 Å². The number of rotatable bonds is 28. The third-order valence-electron chi connectivity index (χ3n) is 10.4. The molecule has 330 valence electrons. The van der Waals surface area contributed by atoms with Crippen molar-refractivity contribution in [1.82, 2.24) is 20.1 Å². The number of ether oxygens (including phenoxy) is 4. The first kappa shape index (κ1) is 48.3. The highest BCUT2D eigenvalue weighted by Crippen LogP contribution is 2.25. The highest BCUT2D eigenvalue weighted by atomic mass is 35.5. The monoisotopic (exact) mass is 850 g/mol. The molecule has 1 aliphatic rings. The van der Waals surface area contributed by atoms with Crippen LogP contribution in [-0.4, -0.2) is 85.3 Å². The number of esters is 1. The molecule has 13 nitrogen and oxygen atoms in total. The smallest absolute Gasteiger partial charge is 0.312 e. The number of benzene rings is 1. The fourth-order valence-electron chi connectivity index (χ4n) is 7.17. The van der Waals surface area contributed by atoms with Crippen LogP contribution >= 0.6 is 11.6 Å². The minimum atomic E-state index is -0.589. The van der Waals surface area contributed by atoms with Crippen LogP contribution in [0.1, 0.15) is 143 Å². The first-order valence-corrected chi connectivity index (χ1v) is 22.4. The van der Waals surface area contributed by atoms with Crippen LogP contribution in [0.4, 0.5) is 5.69 Å². The van der Waals surface area contributed by atoms with Gasteiger partial charge in [0.2, 0.25) is 5.88 Å². The van der Waals surface area contributed by atoms with E-state index in [0.29, 0.717) is 35.8 Å². The second kappa shape index (κ2) is 26.8. The number of nitrogens with one attached hydrogen (secondary N) is 2. The molecule has 1 atom stereocenters. The maximum absolute atomic E-state index is 13.9. The molecule has 2 aromatic heterocycles. The number of carbonyl (C=O) groups excluding carboxylic acids is 3. The minimum absolute atomic E-state index is 0.0834. The zero-order valence-electron chi connectivity index (χ0n) is 36.5. The number of anilines is 1. The van der Waals surface area contributed by atoms with Crippen molar-refractivity contribution < 1.29 is 33.3 Å². The summed E-state index contributed by atoms with van der Waals surface area (Å²) in [5, 5.41) is 11.5. The van der Waals surface area contributed by atoms with Crippen molar-refractivity contribution >= 4 is 41.1 Å². The first-order valence-electron chi connectivity index (χ1n) is 22.0. The summed E-state index contributed by atoms with van der Waals surface area (Å²) in [7, 11) is 1.44. The molecule has 0 saturated heterocycles. The van der Waals surface area contributed by atoms with Crippen LogP contribution in [0.2, 0.25) is 5.02 Å². The number of halogens is 1. The standard InChI is InChI=1S/C46H67ClN6O7/c1-6-7-8-9-10-11-12-13-14-15-16-17-18-19-25-58-26-27-59-28-29-60-46(56)35-22-24-48-42-36(31-35)30-34(4)41(40(42)45(55)50-33(2)3)51-44(54)38-32-39(57-5)52-53(38)43-37(47)21-20-23-49-43/h20-21,23,30-33,35H,6-19,22,24-29H2,1-5H3,(H,50,55)(H,51,54). The summed E-state index contributed by atoms with van der Waals surface area (Å²) in [5.74, 6) is -1.57. The predicted octanol–water partition coefficient (Wildman–Crippen LogP) is 8.11. The van der Waals surface area contributed by atoms with Gasteiger partial charge in [0.15, 0.2) is 5.82 Å². The topological polar surface area (TPSA) is 155 Å². The van der Waals surface area contributed by atoms with E-state index in [0.717, 1.165) is 13.0 Å². The summed E-state index contributed by atoms with van der Waals surface area (Å²) in [5.41, 5.74) is 1.13. The third kappa shape index (κ3) is 15.6. The van der Waals surface area contributed by atoms with Crippen molar-refractivity contribution in [3.8, 4) is 11.7 Å². The lowest BCUT2D eigenvalue weighted by atomic mass is 10.00. The van der Waals surface area contributed by atoms with Crippen LogP contribution in [0.25, 0.3) is 11.9 Å². The summed E-state index contributed by atoms with van der Waals surface area (Å²) in [6.07, 6.45) is 22.3. The zero-order valence-corrected chi connectivity index (χ0v) is 37.2. The molecule has 0 radical (unpaired) electrons. The van der Waals surface area contributed by atoms with Crippen LogP contribution in [-0.2, 0) is 19.0 Å². The largest absolute Gasteiger partial charge is 0.480 e. The molecule has 1 aliphatic heterocycles. The summed E-state index contributed by atoms with van der Waals surface area (Å²) in [6.45, 7) is 10.1. The Morgan fingerprint density at radius 3 is 2.13 bits per heavy atom. The van der Waals surface area contributed by atoms with Gasteiger partial charge in [-0.05, 0) is 62.6 Å². The summed E-state index contributed by atoms with van der Waals surface area (Å²) in [4.78, 5) is 50.1. The number of unbranched alkanes of at least 4 members (excludes halogenated alkanes) is 13. The Morgan fingerprint density at radius 2 is 1.50 bits per heavy atom. The molecule has 4 rings (SSSR count). The molecule has 2 N–H and O–H groups in total. The normalized spacial score (nSPS) is 13.6. The molecule has 0 fully saturated rings. The van der Waals surface area contributed by atoms with Gasteiger partial charge < -0.3 is 29.6 Å².